The molecule has 0 spiro atoms. The van der Waals surface area contributed by atoms with Gasteiger partial charge in [0.25, 0.3) is 11.6 Å². The molecule has 3 aromatic heterocycles. The van der Waals surface area contributed by atoms with Gasteiger partial charge in [0.05, 0.1) is 32.9 Å². The number of nitrogens with zero attached hydrogens (tertiary/aromatic N) is 2. The number of thiophene rings is 1. The van der Waals surface area contributed by atoms with Crippen molar-refractivity contribution in [1.82, 2.24) is 10.1 Å². The van der Waals surface area contributed by atoms with Crippen LogP contribution in [0.4, 0.5) is 18.9 Å². The second-order valence-electron chi connectivity index (χ2n) is 5.66. The van der Waals surface area contributed by atoms with Gasteiger partial charge in [-0.2, -0.15) is 0 Å². The Morgan fingerprint density at radius 1 is 1.19 bits per heavy atom. The zero-order valence-corrected chi connectivity index (χ0v) is 14.5. The topological polar surface area (TPSA) is 68.0 Å². The van der Waals surface area contributed by atoms with Crippen molar-refractivity contribution in [2.75, 3.05) is 5.32 Å². The first-order valence-electron chi connectivity index (χ1n) is 7.71. The minimum absolute atomic E-state index is 0.131. The lowest BCUT2D eigenvalue weighted by atomic mass is 10.1. The van der Waals surface area contributed by atoms with Crippen molar-refractivity contribution in [2.24, 2.45) is 0 Å². The van der Waals surface area contributed by atoms with Crippen LogP contribution in [0.1, 0.15) is 16.1 Å². The maximum Gasteiger partial charge on any atom is 0.259 e. The van der Waals surface area contributed by atoms with Crippen LogP contribution >= 0.6 is 11.3 Å². The average molecular weight is 389 g/mol. The van der Waals surface area contributed by atoms with Gasteiger partial charge < -0.3 is 9.84 Å². The Morgan fingerprint density at radius 2 is 2.00 bits per heavy atom. The smallest absolute Gasteiger partial charge is 0.259 e. The van der Waals surface area contributed by atoms with Gasteiger partial charge in [-0.15, -0.1) is 11.3 Å². The molecule has 9 heteroatoms. The molecule has 4 rings (SSSR count). The summed E-state index contributed by atoms with van der Waals surface area (Å²) in [6, 6.07) is 6.85. The van der Waals surface area contributed by atoms with Crippen LogP contribution in [0.5, 0.6) is 0 Å². The molecule has 0 saturated heterocycles. The number of carbonyl (C=O) groups excluding carboxylic acids is 1. The van der Waals surface area contributed by atoms with E-state index in [1.165, 1.54) is 17.4 Å². The molecule has 0 aliphatic heterocycles. The lowest BCUT2D eigenvalue weighted by Crippen LogP contribution is -2.15. The summed E-state index contributed by atoms with van der Waals surface area (Å²) in [6.07, 6.45) is 0. The first-order chi connectivity index (χ1) is 13.0. The maximum atomic E-state index is 13.9. The fraction of sp³-hybridized carbons (Fsp3) is 0.0556. The van der Waals surface area contributed by atoms with E-state index in [0.717, 1.165) is 17.0 Å². The van der Waals surface area contributed by atoms with Crippen LogP contribution in [-0.2, 0) is 0 Å². The maximum absolute atomic E-state index is 13.9. The predicted octanol–water partition coefficient (Wildman–Crippen LogP) is 4.93. The van der Waals surface area contributed by atoms with Gasteiger partial charge >= 0.3 is 0 Å². The highest BCUT2D eigenvalue weighted by Gasteiger charge is 2.22. The fourth-order valence-electron chi connectivity index (χ4n) is 2.64. The van der Waals surface area contributed by atoms with Crippen LogP contribution in [0.2, 0.25) is 0 Å². The SMILES string of the molecule is Cc1noc2nc(-c3cccs3)cc(C(=O)Nc3ccc(F)c(F)c3F)c12. The number of benzene rings is 1. The van der Waals surface area contributed by atoms with Crippen molar-refractivity contribution < 1.29 is 22.5 Å². The number of aromatic nitrogens is 2. The first-order valence-corrected chi connectivity index (χ1v) is 8.59. The molecule has 0 aliphatic carbocycles. The molecule has 0 atom stereocenters. The number of carbonyl (C=O) groups is 1. The summed E-state index contributed by atoms with van der Waals surface area (Å²) in [7, 11) is 0. The van der Waals surface area contributed by atoms with Crippen LogP contribution < -0.4 is 5.32 Å². The molecular formula is C18H10F3N3O2S. The van der Waals surface area contributed by atoms with E-state index in [9.17, 15) is 18.0 Å². The number of halogens is 3. The van der Waals surface area contributed by atoms with Gasteiger partial charge in [-0.1, -0.05) is 11.2 Å². The summed E-state index contributed by atoms with van der Waals surface area (Å²) in [5.74, 6) is -5.20. The molecule has 27 heavy (non-hydrogen) atoms. The number of pyridine rings is 1. The van der Waals surface area contributed by atoms with E-state index < -0.39 is 29.0 Å². The number of aryl methyl sites for hydroxylation is 1. The number of anilines is 1. The van der Waals surface area contributed by atoms with Gasteiger partial charge in [0, 0.05) is 0 Å². The van der Waals surface area contributed by atoms with E-state index in [2.05, 4.69) is 15.5 Å². The summed E-state index contributed by atoms with van der Waals surface area (Å²) in [6.45, 7) is 1.63. The number of fused-ring (bicyclic) bond motifs is 1. The molecule has 3 heterocycles. The van der Waals surface area contributed by atoms with E-state index in [1.807, 2.05) is 17.5 Å². The van der Waals surface area contributed by atoms with Crippen molar-refractivity contribution in [2.45, 2.75) is 6.92 Å². The Hall–Kier alpha value is -3.20. The fourth-order valence-corrected chi connectivity index (χ4v) is 3.32. The minimum atomic E-state index is -1.66. The highest BCUT2D eigenvalue weighted by Crippen LogP contribution is 2.30. The van der Waals surface area contributed by atoms with Crippen LogP contribution in [0, 0.1) is 24.4 Å². The normalized spacial score (nSPS) is 11.1. The quantitative estimate of drug-likeness (QED) is 0.505. The third-order valence-electron chi connectivity index (χ3n) is 3.92. The van der Waals surface area contributed by atoms with E-state index in [-0.39, 0.29) is 11.3 Å². The predicted molar refractivity (Wildman–Crippen MR) is 94.1 cm³/mol. The van der Waals surface area contributed by atoms with Crippen molar-refractivity contribution in [1.29, 1.82) is 0 Å². The zero-order chi connectivity index (χ0) is 19.1. The van der Waals surface area contributed by atoms with Gasteiger partial charge in [-0.05, 0) is 36.6 Å². The molecule has 0 aliphatic rings. The van der Waals surface area contributed by atoms with Crippen LogP contribution in [0.25, 0.3) is 21.7 Å². The zero-order valence-electron chi connectivity index (χ0n) is 13.7. The molecule has 5 nitrogen and oxygen atoms in total. The third-order valence-corrected chi connectivity index (χ3v) is 4.81. The number of rotatable bonds is 3. The summed E-state index contributed by atoms with van der Waals surface area (Å²) < 4.78 is 45.6. The van der Waals surface area contributed by atoms with Gasteiger partial charge in [0.15, 0.2) is 17.5 Å². The summed E-state index contributed by atoms with van der Waals surface area (Å²) in [4.78, 5) is 17.9. The molecule has 136 valence electrons. The van der Waals surface area contributed by atoms with Crippen molar-refractivity contribution in [3.05, 3.63) is 64.4 Å². The Balaban J connectivity index is 1.81. The van der Waals surface area contributed by atoms with Gasteiger partial charge in [0.1, 0.15) is 0 Å². The first kappa shape index (κ1) is 17.2. The second kappa shape index (κ2) is 6.51. The summed E-state index contributed by atoms with van der Waals surface area (Å²) >= 11 is 1.41. The Morgan fingerprint density at radius 3 is 2.74 bits per heavy atom. The number of amides is 1. The molecule has 1 N–H and O–H groups in total. The molecule has 4 aromatic rings. The van der Waals surface area contributed by atoms with Gasteiger partial charge in [0.2, 0.25) is 0 Å². The highest BCUT2D eigenvalue weighted by molar-refractivity contribution is 7.13. The van der Waals surface area contributed by atoms with Crippen molar-refractivity contribution in [3.8, 4) is 10.6 Å². The van der Waals surface area contributed by atoms with E-state index in [0.29, 0.717) is 16.8 Å². The molecule has 0 radical (unpaired) electrons. The minimum Gasteiger partial charge on any atom is -0.335 e. The van der Waals surface area contributed by atoms with E-state index in [4.69, 9.17) is 4.52 Å². The van der Waals surface area contributed by atoms with E-state index in [1.54, 1.807) is 6.92 Å². The van der Waals surface area contributed by atoms with Crippen LogP contribution in [0.3, 0.4) is 0 Å². The monoisotopic (exact) mass is 389 g/mol. The van der Waals surface area contributed by atoms with E-state index >= 15 is 0 Å². The molecule has 1 amide bonds. The Kier molecular flexibility index (Phi) is 4.15. The Bertz CT molecular complexity index is 1170. The van der Waals surface area contributed by atoms with Crippen molar-refractivity contribution in [3.63, 3.8) is 0 Å². The average Bonchev–Trinajstić information content (AvgIpc) is 3.32. The standard InChI is InChI=1S/C18H10F3N3O2S/c1-8-14-9(17(25)22-11-5-4-10(19)15(20)16(11)21)7-12(13-3-2-6-27-13)23-18(14)26-24-8/h2-7H,1H3,(H,22,25). The molecule has 0 bridgehead atoms. The molecule has 0 fully saturated rings. The summed E-state index contributed by atoms with van der Waals surface area (Å²) in [5.41, 5.74) is 0.701. The van der Waals surface area contributed by atoms with Gasteiger partial charge in [-0.3, -0.25) is 4.79 Å². The van der Waals surface area contributed by atoms with Crippen molar-refractivity contribution >= 4 is 34.0 Å². The van der Waals surface area contributed by atoms with Crippen LogP contribution in [-0.4, -0.2) is 16.0 Å². The summed E-state index contributed by atoms with van der Waals surface area (Å²) in [5, 5.41) is 8.28. The Labute approximate surface area is 154 Å². The van der Waals surface area contributed by atoms with Gasteiger partial charge in [-0.25, -0.2) is 18.2 Å². The number of hydrogen-bond acceptors (Lipinski definition) is 5. The largest absolute Gasteiger partial charge is 0.335 e. The third kappa shape index (κ3) is 2.95. The highest BCUT2D eigenvalue weighted by atomic mass is 32.1. The second-order valence-corrected chi connectivity index (χ2v) is 6.61. The lowest BCUT2D eigenvalue weighted by molar-refractivity contribution is 0.102. The number of hydrogen-bond donors (Lipinski definition) is 1. The molecule has 0 unspecified atom stereocenters. The number of nitrogens with one attached hydrogen (secondary N) is 1. The molecular weight excluding hydrogens is 379 g/mol. The molecule has 1 aromatic carbocycles. The van der Waals surface area contributed by atoms with Crippen LogP contribution in [0.15, 0.2) is 40.2 Å². The molecule has 0 saturated carbocycles. The lowest BCUT2D eigenvalue weighted by Gasteiger charge is -2.09.